The molecule has 29 heavy (non-hydrogen) atoms. The first-order chi connectivity index (χ1) is 13.7. The molecule has 0 aliphatic rings. The summed E-state index contributed by atoms with van der Waals surface area (Å²) in [6.45, 7) is 3.81. The van der Waals surface area contributed by atoms with Gasteiger partial charge in [-0.3, -0.25) is 9.59 Å². The van der Waals surface area contributed by atoms with Gasteiger partial charge < -0.3 is 20.1 Å². The molecule has 0 saturated heterocycles. The minimum Gasteiger partial charge on any atom is -0.497 e. The van der Waals surface area contributed by atoms with Gasteiger partial charge in [0.1, 0.15) is 23.4 Å². The van der Waals surface area contributed by atoms with Crippen LogP contribution in [0.15, 0.2) is 36.4 Å². The first-order valence-electron chi connectivity index (χ1n) is 9.00. The molecule has 1 unspecified atom stereocenters. The first-order valence-corrected chi connectivity index (χ1v) is 9.38. The predicted molar refractivity (Wildman–Crippen MR) is 109 cm³/mol. The third kappa shape index (κ3) is 6.09. The maximum atomic E-state index is 13.3. The monoisotopic (exact) mass is 422 g/mol. The molecule has 0 bridgehead atoms. The smallest absolute Gasteiger partial charge is 0.252 e. The Morgan fingerprint density at radius 3 is 2.21 bits per heavy atom. The van der Waals surface area contributed by atoms with E-state index in [0.29, 0.717) is 22.6 Å². The minimum absolute atomic E-state index is 0.0163. The predicted octanol–water partition coefficient (Wildman–Crippen LogP) is 3.57. The van der Waals surface area contributed by atoms with Crippen molar-refractivity contribution in [1.29, 1.82) is 0 Å². The van der Waals surface area contributed by atoms with E-state index in [0.717, 1.165) is 0 Å². The van der Waals surface area contributed by atoms with Gasteiger partial charge in [0.2, 0.25) is 5.91 Å². The summed E-state index contributed by atoms with van der Waals surface area (Å²) < 4.78 is 23.6. The highest BCUT2D eigenvalue weighted by atomic mass is 35.5. The number of rotatable bonds is 8. The topological polar surface area (TPSA) is 76.7 Å². The molecule has 0 aliphatic heterocycles. The molecule has 0 radical (unpaired) electrons. The summed E-state index contributed by atoms with van der Waals surface area (Å²) in [6.07, 6.45) is 0. The summed E-state index contributed by atoms with van der Waals surface area (Å²) in [5, 5.41) is 5.47. The van der Waals surface area contributed by atoms with E-state index < -0.39 is 17.8 Å². The molecule has 0 heterocycles. The number of ether oxygens (including phenoxy) is 2. The highest BCUT2D eigenvalue weighted by Gasteiger charge is 2.25. The average molecular weight is 423 g/mol. The molecule has 6 nitrogen and oxygen atoms in total. The lowest BCUT2D eigenvalue weighted by Crippen LogP contribution is -2.49. The van der Waals surface area contributed by atoms with Crippen molar-refractivity contribution >= 4 is 23.4 Å². The number of hydrogen-bond acceptors (Lipinski definition) is 4. The van der Waals surface area contributed by atoms with Crippen molar-refractivity contribution < 1.29 is 23.5 Å². The van der Waals surface area contributed by atoms with Crippen molar-refractivity contribution in [3.05, 3.63) is 58.4 Å². The van der Waals surface area contributed by atoms with Gasteiger partial charge in [0, 0.05) is 18.2 Å². The molecule has 0 fully saturated rings. The van der Waals surface area contributed by atoms with Crippen molar-refractivity contribution in [2.75, 3.05) is 14.2 Å². The van der Waals surface area contributed by atoms with Crippen molar-refractivity contribution in [2.45, 2.75) is 26.4 Å². The van der Waals surface area contributed by atoms with E-state index in [9.17, 15) is 14.0 Å². The maximum absolute atomic E-state index is 13.3. The van der Waals surface area contributed by atoms with E-state index in [1.165, 1.54) is 32.4 Å². The molecule has 2 aromatic carbocycles. The van der Waals surface area contributed by atoms with Crippen LogP contribution in [0.2, 0.25) is 5.02 Å². The molecular weight excluding hydrogens is 399 g/mol. The Labute approximate surface area is 174 Å². The minimum atomic E-state index is -0.768. The number of hydrogen-bond donors (Lipinski definition) is 2. The van der Waals surface area contributed by atoms with Crippen LogP contribution in [0.4, 0.5) is 4.39 Å². The second-order valence-corrected chi connectivity index (χ2v) is 7.17. The summed E-state index contributed by atoms with van der Waals surface area (Å²) in [7, 11) is 2.98. The van der Waals surface area contributed by atoms with Crippen LogP contribution >= 0.6 is 11.6 Å². The van der Waals surface area contributed by atoms with Crippen LogP contribution in [0.3, 0.4) is 0 Å². The van der Waals surface area contributed by atoms with Crippen molar-refractivity contribution in [3.8, 4) is 11.5 Å². The Hall–Kier alpha value is -2.80. The lowest BCUT2D eigenvalue weighted by molar-refractivity contribution is -0.124. The summed E-state index contributed by atoms with van der Waals surface area (Å²) in [6, 6.07) is 8.23. The second kappa shape index (κ2) is 10.1. The fourth-order valence-electron chi connectivity index (χ4n) is 2.65. The summed E-state index contributed by atoms with van der Waals surface area (Å²) in [5.74, 6) is -0.544. The van der Waals surface area contributed by atoms with E-state index >= 15 is 0 Å². The van der Waals surface area contributed by atoms with Gasteiger partial charge >= 0.3 is 0 Å². The second-order valence-electron chi connectivity index (χ2n) is 6.76. The molecule has 0 aromatic heterocycles. The third-order valence-electron chi connectivity index (χ3n) is 4.30. The Morgan fingerprint density at radius 1 is 1.07 bits per heavy atom. The average Bonchev–Trinajstić information content (AvgIpc) is 2.71. The lowest BCUT2D eigenvalue weighted by atomic mass is 10.0. The highest BCUT2D eigenvalue weighted by molar-refractivity contribution is 6.30. The molecule has 0 aliphatic carbocycles. The van der Waals surface area contributed by atoms with E-state index in [1.54, 1.807) is 18.2 Å². The molecule has 8 heteroatoms. The number of amides is 2. The fourth-order valence-corrected chi connectivity index (χ4v) is 2.85. The van der Waals surface area contributed by atoms with Crippen LogP contribution < -0.4 is 20.1 Å². The van der Waals surface area contributed by atoms with E-state index in [1.807, 2.05) is 13.8 Å². The number of carbonyl (C=O) groups excluding carboxylic acids is 2. The Morgan fingerprint density at radius 2 is 1.69 bits per heavy atom. The Bertz CT molecular complexity index is 867. The van der Waals surface area contributed by atoms with Gasteiger partial charge in [0.15, 0.2) is 0 Å². The third-order valence-corrected chi connectivity index (χ3v) is 4.59. The molecule has 2 aromatic rings. The summed E-state index contributed by atoms with van der Waals surface area (Å²) in [5.41, 5.74) is 0.959. The molecule has 2 rings (SSSR count). The molecular formula is C21H24ClFN2O4. The zero-order chi connectivity index (χ0) is 21.6. The molecule has 2 amide bonds. The molecule has 2 N–H and O–H groups in total. The zero-order valence-electron chi connectivity index (χ0n) is 16.7. The molecule has 0 saturated carbocycles. The fraction of sp³-hybridized carbons (Fsp3) is 0.333. The first kappa shape index (κ1) is 22.5. The number of carbonyl (C=O) groups is 2. The van der Waals surface area contributed by atoms with Gasteiger partial charge in [-0.25, -0.2) is 4.39 Å². The number of halogens is 2. The largest absolute Gasteiger partial charge is 0.497 e. The van der Waals surface area contributed by atoms with E-state index in [4.69, 9.17) is 21.1 Å². The summed E-state index contributed by atoms with van der Waals surface area (Å²) >= 11 is 5.76. The lowest BCUT2D eigenvalue weighted by Gasteiger charge is -2.22. The Balaban J connectivity index is 2.09. The van der Waals surface area contributed by atoms with Crippen LogP contribution in [0, 0.1) is 11.7 Å². The van der Waals surface area contributed by atoms with E-state index in [2.05, 4.69) is 10.6 Å². The van der Waals surface area contributed by atoms with Crippen LogP contribution in [0.1, 0.15) is 29.8 Å². The van der Waals surface area contributed by atoms with E-state index in [-0.39, 0.29) is 23.4 Å². The van der Waals surface area contributed by atoms with Gasteiger partial charge in [-0.05, 0) is 35.7 Å². The van der Waals surface area contributed by atoms with Gasteiger partial charge in [-0.15, -0.1) is 0 Å². The van der Waals surface area contributed by atoms with Gasteiger partial charge in [0.05, 0.1) is 19.2 Å². The van der Waals surface area contributed by atoms with Crippen molar-refractivity contribution in [1.82, 2.24) is 10.6 Å². The zero-order valence-corrected chi connectivity index (χ0v) is 17.5. The van der Waals surface area contributed by atoms with Crippen molar-refractivity contribution in [2.24, 2.45) is 5.92 Å². The maximum Gasteiger partial charge on any atom is 0.252 e. The molecule has 156 valence electrons. The van der Waals surface area contributed by atoms with Crippen LogP contribution in [0.25, 0.3) is 0 Å². The van der Waals surface area contributed by atoms with Crippen LogP contribution in [-0.2, 0) is 11.3 Å². The normalized spacial score (nSPS) is 11.7. The van der Waals surface area contributed by atoms with Gasteiger partial charge in [0.25, 0.3) is 5.91 Å². The standard InChI is InChI=1S/C21H24ClFN2O4/c1-12(2)19(21(27)24-11-13-5-6-18(23)17(22)7-13)25-20(26)14-8-15(28-3)10-16(9-14)29-4/h5-10,12,19H,11H2,1-4H3,(H,24,27)(H,25,26). The van der Waals surface area contributed by atoms with Crippen molar-refractivity contribution in [3.63, 3.8) is 0 Å². The van der Waals surface area contributed by atoms with Crippen LogP contribution in [0.5, 0.6) is 11.5 Å². The van der Waals surface area contributed by atoms with Gasteiger partial charge in [-0.1, -0.05) is 31.5 Å². The van der Waals surface area contributed by atoms with Gasteiger partial charge in [-0.2, -0.15) is 0 Å². The SMILES string of the molecule is COc1cc(OC)cc(C(=O)NC(C(=O)NCc2ccc(F)c(Cl)c2)C(C)C)c1. The Kier molecular flexibility index (Phi) is 7.84. The highest BCUT2D eigenvalue weighted by Crippen LogP contribution is 2.22. The molecule has 0 spiro atoms. The summed E-state index contributed by atoms with van der Waals surface area (Å²) in [4.78, 5) is 25.3. The quantitative estimate of drug-likeness (QED) is 0.681. The van der Waals surface area contributed by atoms with Crippen LogP contribution in [-0.4, -0.2) is 32.1 Å². The molecule has 1 atom stereocenters. The number of nitrogens with one attached hydrogen (secondary N) is 2. The number of benzene rings is 2. The number of methoxy groups -OCH3 is 2.